The molecule has 1 aromatic heterocycles. The molecular weight excluding hydrogens is 384 g/mol. The van der Waals surface area contributed by atoms with Gasteiger partial charge in [0.1, 0.15) is 0 Å². The molecule has 0 fully saturated rings. The molecule has 4 N–H and O–H groups in total. The molecule has 0 aliphatic heterocycles. The second kappa shape index (κ2) is 7.41. The average molecular weight is 402 g/mol. The van der Waals surface area contributed by atoms with Crippen molar-refractivity contribution in [1.29, 1.82) is 0 Å². The van der Waals surface area contributed by atoms with Crippen LogP contribution in [0.3, 0.4) is 0 Å². The summed E-state index contributed by atoms with van der Waals surface area (Å²) < 4.78 is 28.0. The fourth-order valence-corrected chi connectivity index (χ4v) is 4.03. The zero-order chi connectivity index (χ0) is 20.5. The standard InChI is InChI=1S/C18H18N4O5S/c1-10(12-4-3-5-13(8-12)19-11(2)23)22-28(26,27)14-6-7-16-15(9-14)17(24)21-18(25)20-16/h3-10,22H,1-2H3,(H,19,23)(H2,20,21,24,25). The molecule has 0 bridgehead atoms. The number of aromatic nitrogens is 2. The summed E-state index contributed by atoms with van der Waals surface area (Å²) in [5, 5.41) is 2.70. The Morgan fingerprint density at radius 2 is 1.82 bits per heavy atom. The number of benzene rings is 2. The van der Waals surface area contributed by atoms with E-state index < -0.39 is 27.3 Å². The SMILES string of the molecule is CC(=O)Nc1cccc(C(C)NS(=O)(=O)c2ccc3[nH]c(=O)[nH]c(=O)c3c2)c1. The van der Waals surface area contributed by atoms with Crippen molar-refractivity contribution in [2.45, 2.75) is 24.8 Å². The molecule has 3 rings (SSSR count). The van der Waals surface area contributed by atoms with Crippen LogP contribution in [0.25, 0.3) is 10.9 Å². The van der Waals surface area contributed by atoms with Gasteiger partial charge in [0.15, 0.2) is 0 Å². The minimum atomic E-state index is -3.94. The van der Waals surface area contributed by atoms with Gasteiger partial charge in [-0.1, -0.05) is 12.1 Å². The molecule has 1 atom stereocenters. The molecule has 1 amide bonds. The largest absolute Gasteiger partial charge is 0.326 e. The van der Waals surface area contributed by atoms with Gasteiger partial charge in [0.2, 0.25) is 15.9 Å². The minimum Gasteiger partial charge on any atom is -0.326 e. The van der Waals surface area contributed by atoms with Gasteiger partial charge < -0.3 is 10.3 Å². The molecule has 0 saturated heterocycles. The molecule has 1 heterocycles. The van der Waals surface area contributed by atoms with Crippen molar-refractivity contribution < 1.29 is 13.2 Å². The maximum atomic E-state index is 12.7. The first-order chi connectivity index (χ1) is 13.2. The van der Waals surface area contributed by atoms with Gasteiger partial charge in [0.05, 0.1) is 15.8 Å². The lowest BCUT2D eigenvalue weighted by atomic mass is 10.1. The summed E-state index contributed by atoms with van der Waals surface area (Å²) >= 11 is 0. The van der Waals surface area contributed by atoms with E-state index in [0.717, 1.165) is 0 Å². The predicted octanol–water partition coefficient (Wildman–Crippen LogP) is 1.21. The second-order valence-corrected chi connectivity index (χ2v) is 7.98. The van der Waals surface area contributed by atoms with E-state index in [1.54, 1.807) is 31.2 Å². The summed E-state index contributed by atoms with van der Waals surface area (Å²) in [7, 11) is -3.94. The molecule has 10 heteroatoms. The highest BCUT2D eigenvalue weighted by Gasteiger charge is 2.19. The fourth-order valence-electron chi connectivity index (χ4n) is 2.77. The zero-order valence-corrected chi connectivity index (χ0v) is 15.9. The number of fused-ring (bicyclic) bond motifs is 1. The topological polar surface area (TPSA) is 141 Å². The number of carbonyl (C=O) groups excluding carboxylic acids is 1. The molecule has 1 unspecified atom stereocenters. The molecule has 3 aromatic rings. The highest BCUT2D eigenvalue weighted by molar-refractivity contribution is 7.89. The van der Waals surface area contributed by atoms with Crippen LogP contribution >= 0.6 is 0 Å². The summed E-state index contributed by atoms with van der Waals surface area (Å²) in [5.74, 6) is -0.232. The predicted molar refractivity (Wildman–Crippen MR) is 105 cm³/mol. The Morgan fingerprint density at radius 1 is 1.07 bits per heavy atom. The van der Waals surface area contributed by atoms with Crippen molar-refractivity contribution in [2.24, 2.45) is 0 Å². The third kappa shape index (κ3) is 4.18. The monoisotopic (exact) mass is 402 g/mol. The lowest BCUT2D eigenvalue weighted by Gasteiger charge is -2.16. The highest BCUT2D eigenvalue weighted by atomic mass is 32.2. The molecule has 0 aliphatic carbocycles. The Morgan fingerprint density at radius 3 is 2.54 bits per heavy atom. The van der Waals surface area contributed by atoms with Crippen molar-refractivity contribution in [3.63, 3.8) is 0 Å². The first-order valence-electron chi connectivity index (χ1n) is 8.32. The number of hydrogen-bond donors (Lipinski definition) is 4. The average Bonchev–Trinajstić information content (AvgIpc) is 2.60. The molecular formula is C18H18N4O5S. The number of anilines is 1. The van der Waals surface area contributed by atoms with Crippen molar-refractivity contribution in [3.8, 4) is 0 Å². The van der Waals surface area contributed by atoms with Gasteiger partial charge in [-0.2, -0.15) is 0 Å². The lowest BCUT2D eigenvalue weighted by Crippen LogP contribution is -2.27. The van der Waals surface area contributed by atoms with Crippen molar-refractivity contribution in [1.82, 2.24) is 14.7 Å². The summed E-state index contributed by atoms with van der Waals surface area (Å²) in [6.07, 6.45) is 0. The Hall–Kier alpha value is -3.24. The molecule has 0 radical (unpaired) electrons. The van der Waals surface area contributed by atoms with E-state index in [0.29, 0.717) is 11.3 Å². The number of nitrogens with one attached hydrogen (secondary N) is 4. The van der Waals surface area contributed by atoms with Gasteiger partial charge in [0, 0.05) is 18.7 Å². The van der Waals surface area contributed by atoms with E-state index in [1.807, 2.05) is 0 Å². The number of sulfonamides is 1. The molecule has 0 spiro atoms. The van der Waals surface area contributed by atoms with Crippen LogP contribution in [-0.2, 0) is 14.8 Å². The van der Waals surface area contributed by atoms with Gasteiger partial charge in [-0.15, -0.1) is 0 Å². The van der Waals surface area contributed by atoms with Crippen LogP contribution in [0.2, 0.25) is 0 Å². The third-order valence-corrected chi connectivity index (χ3v) is 5.60. The van der Waals surface area contributed by atoms with Gasteiger partial charge in [-0.05, 0) is 42.8 Å². The Kier molecular flexibility index (Phi) is 5.16. The van der Waals surface area contributed by atoms with E-state index in [1.165, 1.54) is 25.1 Å². The van der Waals surface area contributed by atoms with Crippen molar-refractivity contribution >= 4 is 32.5 Å². The van der Waals surface area contributed by atoms with Crippen molar-refractivity contribution in [3.05, 3.63) is 68.9 Å². The summed E-state index contributed by atoms with van der Waals surface area (Å²) in [6.45, 7) is 3.04. The van der Waals surface area contributed by atoms with Crippen LogP contribution in [0.15, 0.2) is 56.9 Å². The molecule has 0 aliphatic rings. The third-order valence-electron chi connectivity index (χ3n) is 4.06. The first-order valence-corrected chi connectivity index (χ1v) is 9.80. The Balaban J connectivity index is 1.91. The Bertz CT molecular complexity index is 1280. The number of H-pyrrole nitrogens is 2. The van der Waals surface area contributed by atoms with Crippen LogP contribution < -0.4 is 21.3 Å². The van der Waals surface area contributed by atoms with Crippen LogP contribution in [0.4, 0.5) is 5.69 Å². The number of carbonyl (C=O) groups is 1. The summed E-state index contributed by atoms with van der Waals surface area (Å²) in [5.41, 5.74) is 0.101. The number of aromatic amines is 2. The zero-order valence-electron chi connectivity index (χ0n) is 15.1. The van der Waals surface area contributed by atoms with Crippen molar-refractivity contribution in [2.75, 3.05) is 5.32 Å². The molecule has 28 heavy (non-hydrogen) atoms. The number of amides is 1. The minimum absolute atomic E-state index is 0.0581. The van der Waals surface area contributed by atoms with Gasteiger partial charge in [0.25, 0.3) is 5.56 Å². The molecule has 146 valence electrons. The Labute approximate surface area is 159 Å². The molecule has 2 aromatic carbocycles. The van der Waals surface area contributed by atoms with E-state index in [-0.39, 0.29) is 21.7 Å². The lowest BCUT2D eigenvalue weighted by molar-refractivity contribution is -0.114. The van der Waals surface area contributed by atoms with Gasteiger partial charge in [-0.25, -0.2) is 17.9 Å². The van der Waals surface area contributed by atoms with Crippen LogP contribution in [0.1, 0.15) is 25.5 Å². The van der Waals surface area contributed by atoms with Crippen LogP contribution in [0.5, 0.6) is 0 Å². The van der Waals surface area contributed by atoms with E-state index in [4.69, 9.17) is 0 Å². The van der Waals surface area contributed by atoms with E-state index in [2.05, 4.69) is 20.0 Å². The first kappa shape index (κ1) is 19.5. The molecule has 0 saturated carbocycles. The summed E-state index contributed by atoms with van der Waals surface area (Å²) in [6, 6.07) is 10.1. The quantitative estimate of drug-likeness (QED) is 0.508. The smallest absolute Gasteiger partial charge is 0.326 e. The highest BCUT2D eigenvalue weighted by Crippen LogP contribution is 2.21. The second-order valence-electron chi connectivity index (χ2n) is 6.27. The van der Waals surface area contributed by atoms with Gasteiger partial charge in [-0.3, -0.25) is 14.6 Å². The number of hydrogen-bond acceptors (Lipinski definition) is 5. The maximum absolute atomic E-state index is 12.7. The van der Waals surface area contributed by atoms with E-state index in [9.17, 15) is 22.8 Å². The van der Waals surface area contributed by atoms with E-state index >= 15 is 0 Å². The number of rotatable bonds is 5. The van der Waals surface area contributed by atoms with Gasteiger partial charge >= 0.3 is 5.69 Å². The normalized spacial score (nSPS) is 12.6. The summed E-state index contributed by atoms with van der Waals surface area (Å²) in [4.78, 5) is 38.8. The van der Waals surface area contributed by atoms with Crippen LogP contribution in [-0.4, -0.2) is 24.3 Å². The van der Waals surface area contributed by atoms with Crippen LogP contribution in [0, 0.1) is 0 Å². The maximum Gasteiger partial charge on any atom is 0.326 e. The fraction of sp³-hybridized carbons (Fsp3) is 0.167. The molecule has 9 nitrogen and oxygen atoms in total.